The van der Waals surface area contributed by atoms with Crippen LogP contribution in [0.25, 0.3) is 0 Å². The van der Waals surface area contributed by atoms with Gasteiger partial charge in [0.2, 0.25) is 15.9 Å². The number of amides is 1. The number of carbonyl (C=O) groups is 1. The van der Waals surface area contributed by atoms with Crippen molar-refractivity contribution in [2.45, 2.75) is 39.7 Å². The fourth-order valence-electron chi connectivity index (χ4n) is 3.03. The van der Waals surface area contributed by atoms with Crippen LogP contribution in [-0.4, -0.2) is 26.6 Å². The Hall–Kier alpha value is -2.41. The first kappa shape index (κ1) is 20.9. The number of hydrogen-bond acceptors (Lipinski definition) is 3. The van der Waals surface area contributed by atoms with Crippen molar-refractivity contribution in [1.29, 1.82) is 0 Å². The van der Waals surface area contributed by atoms with E-state index >= 15 is 0 Å². The molecular formula is C20H25FN2O3S. The normalized spacial score (nSPS) is 12.5. The summed E-state index contributed by atoms with van der Waals surface area (Å²) in [4.78, 5) is 12.9. The van der Waals surface area contributed by atoms with Gasteiger partial charge in [-0.2, -0.15) is 0 Å². The molecule has 7 heteroatoms. The lowest BCUT2D eigenvalue weighted by atomic mass is 10.0. The average molecular weight is 392 g/mol. The van der Waals surface area contributed by atoms with Crippen molar-refractivity contribution >= 4 is 27.3 Å². The highest BCUT2D eigenvalue weighted by molar-refractivity contribution is 7.92. The van der Waals surface area contributed by atoms with E-state index in [1.54, 1.807) is 0 Å². The van der Waals surface area contributed by atoms with E-state index in [1.165, 1.54) is 31.2 Å². The minimum atomic E-state index is -3.75. The van der Waals surface area contributed by atoms with Gasteiger partial charge in [0.05, 0.1) is 11.9 Å². The van der Waals surface area contributed by atoms with E-state index in [0.29, 0.717) is 0 Å². The smallest absolute Gasteiger partial charge is 0.248 e. The molecule has 0 radical (unpaired) electrons. The fourth-order valence-corrected chi connectivity index (χ4v) is 4.20. The summed E-state index contributed by atoms with van der Waals surface area (Å²) in [5.41, 5.74) is 2.94. The van der Waals surface area contributed by atoms with Crippen LogP contribution in [-0.2, 0) is 27.7 Å². The Morgan fingerprint density at radius 1 is 1.07 bits per heavy atom. The first-order chi connectivity index (χ1) is 12.7. The van der Waals surface area contributed by atoms with Crippen molar-refractivity contribution in [3.8, 4) is 0 Å². The van der Waals surface area contributed by atoms with Gasteiger partial charge in [-0.05, 0) is 55.2 Å². The zero-order chi connectivity index (χ0) is 20.2. The summed E-state index contributed by atoms with van der Waals surface area (Å²) >= 11 is 0. The number of anilines is 2. The van der Waals surface area contributed by atoms with E-state index in [-0.39, 0.29) is 5.69 Å². The molecular weight excluding hydrogens is 367 g/mol. The lowest BCUT2D eigenvalue weighted by Crippen LogP contribution is -2.45. The number of hydrogen-bond donors (Lipinski definition) is 1. The number of nitrogens with zero attached hydrogens (tertiary/aromatic N) is 1. The van der Waals surface area contributed by atoms with Gasteiger partial charge in [0, 0.05) is 5.69 Å². The molecule has 1 amide bonds. The summed E-state index contributed by atoms with van der Waals surface area (Å²) in [6, 6.07) is 9.84. The number of para-hydroxylation sites is 1. The molecule has 1 atom stereocenters. The molecule has 1 N–H and O–H groups in total. The SMILES string of the molecule is CCc1cccc(CC)c1NC(=O)[C@@H](C)N(c1ccc(F)cc1)S(C)(=O)=O. The molecule has 2 aromatic carbocycles. The van der Waals surface area contributed by atoms with Crippen LogP contribution in [0.4, 0.5) is 15.8 Å². The molecule has 0 bridgehead atoms. The minimum Gasteiger partial charge on any atom is -0.324 e. The lowest BCUT2D eigenvalue weighted by molar-refractivity contribution is -0.116. The van der Waals surface area contributed by atoms with Crippen molar-refractivity contribution in [3.63, 3.8) is 0 Å². The number of nitrogens with one attached hydrogen (secondary N) is 1. The van der Waals surface area contributed by atoms with E-state index in [2.05, 4.69) is 5.32 Å². The molecule has 0 aromatic heterocycles. The van der Waals surface area contributed by atoms with Gasteiger partial charge in [0.1, 0.15) is 11.9 Å². The Balaban J connectivity index is 2.38. The second kappa shape index (κ2) is 8.52. The molecule has 0 heterocycles. The molecule has 146 valence electrons. The van der Waals surface area contributed by atoms with Crippen LogP contribution < -0.4 is 9.62 Å². The van der Waals surface area contributed by atoms with Crippen LogP contribution >= 0.6 is 0 Å². The van der Waals surface area contributed by atoms with Gasteiger partial charge >= 0.3 is 0 Å². The van der Waals surface area contributed by atoms with Crippen molar-refractivity contribution in [1.82, 2.24) is 0 Å². The van der Waals surface area contributed by atoms with E-state index in [0.717, 1.165) is 40.2 Å². The Labute approximate surface area is 160 Å². The van der Waals surface area contributed by atoms with Gasteiger partial charge in [0.25, 0.3) is 0 Å². The fraction of sp³-hybridized carbons (Fsp3) is 0.350. The number of halogens is 1. The van der Waals surface area contributed by atoms with Crippen LogP contribution in [0.5, 0.6) is 0 Å². The molecule has 2 rings (SSSR count). The Bertz CT molecular complexity index is 889. The van der Waals surface area contributed by atoms with E-state index in [4.69, 9.17) is 0 Å². The van der Waals surface area contributed by atoms with Crippen molar-refractivity contribution < 1.29 is 17.6 Å². The third-order valence-electron chi connectivity index (χ3n) is 4.42. The first-order valence-electron chi connectivity index (χ1n) is 8.85. The molecule has 0 saturated heterocycles. The molecule has 27 heavy (non-hydrogen) atoms. The third kappa shape index (κ3) is 4.86. The Morgan fingerprint density at radius 2 is 1.59 bits per heavy atom. The molecule has 0 fully saturated rings. The minimum absolute atomic E-state index is 0.237. The van der Waals surface area contributed by atoms with Crippen LogP contribution in [0.15, 0.2) is 42.5 Å². The summed E-state index contributed by atoms with van der Waals surface area (Å²) in [6.45, 7) is 5.50. The summed E-state index contributed by atoms with van der Waals surface area (Å²) in [5, 5.41) is 2.90. The number of sulfonamides is 1. The maximum absolute atomic E-state index is 13.2. The summed E-state index contributed by atoms with van der Waals surface area (Å²) in [6.07, 6.45) is 2.51. The maximum Gasteiger partial charge on any atom is 0.248 e. The van der Waals surface area contributed by atoms with Gasteiger partial charge in [-0.3, -0.25) is 9.10 Å². The largest absolute Gasteiger partial charge is 0.324 e. The highest BCUT2D eigenvalue weighted by atomic mass is 32.2. The van der Waals surface area contributed by atoms with E-state index < -0.39 is 27.8 Å². The summed E-state index contributed by atoms with van der Waals surface area (Å²) in [7, 11) is -3.75. The number of benzene rings is 2. The Morgan fingerprint density at radius 3 is 2.04 bits per heavy atom. The molecule has 0 saturated carbocycles. The van der Waals surface area contributed by atoms with Gasteiger partial charge in [-0.1, -0.05) is 32.0 Å². The van der Waals surface area contributed by atoms with Crippen LogP contribution in [0.3, 0.4) is 0 Å². The highest BCUT2D eigenvalue weighted by Gasteiger charge is 2.29. The average Bonchev–Trinajstić information content (AvgIpc) is 2.62. The molecule has 0 aliphatic carbocycles. The number of aryl methyl sites for hydroxylation is 2. The van der Waals surface area contributed by atoms with Crippen LogP contribution in [0, 0.1) is 5.82 Å². The predicted molar refractivity (Wildman–Crippen MR) is 107 cm³/mol. The topological polar surface area (TPSA) is 66.5 Å². The van der Waals surface area contributed by atoms with Crippen molar-refractivity contribution in [3.05, 3.63) is 59.4 Å². The third-order valence-corrected chi connectivity index (χ3v) is 5.66. The zero-order valence-electron chi connectivity index (χ0n) is 16.0. The molecule has 2 aromatic rings. The second-order valence-electron chi connectivity index (χ2n) is 6.36. The summed E-state index contributed by atoms with van der Waals surface area (Å²) in [5.74, 6) is -0.922. The maximum atomic E-state index is 13.2. The highest BCUT2D eigenvalue weighted by Crippen LogP contribution is 2.25. The van der Waals surface area contributed by atoms with E-state index in [9.17, 15) is 17.6 Å². The summed E-state index contributed by atoms with van der Waals surface area (Å²) < 4.78 is 38.8. The van der Waals surface area contributed by atoms with Gasteiger partial charge < -0.3 is 5.32 Å². The van der Waals surface area contributed by atoms with Crippen LogP contribution in [0.2, 0.25) is 0 Å². The first-order valence-corrected chi connectivity index (χ1v) is 10.7. The monoisotopic (exact) mass is 392 g/mol. The standard InChI is InChI=1S/C20H25FN2O3S/c1-5-15-8-7-9-16(6-2)19(15)22-20(24)14(3)23(27(4,25)26)18-12-10-17(21)11-13-18/h7-14H,5-6H2,1-4H3,(H,22,24)/t14-/m1/s1. The molecule has 0 unspecified atom stereocenters. The molecule has 0 spiro atoms. The molecule has 5 nitrogen and oxygen atoms in total. The van der Waals surface area contributed by atoms with Gasteiger partial charge in [-0.15, -0.1) is 0 Å². The quantitative estimate of drug-likeness (QED) is 0.780. The lowest BCUT2D eigenvalue weighted by Gasteiger charge is -2.28. The van der Waals surface area contributed by atoms with Crippen molar-refractivity contribution in [2.24, 2.45) is 0 Å². The number of rotatable bonds is 7. The molecule has 0 aliphatic heterocycles. The second-order valence-corrected chi connectivity index (χ2v) is 8.22. The van der Waals surface area contributed by atoms with Gasteiger partial charge in [-0.25, -0.2) is 12.8 Å². The van der Waals surface area contributed by atoms with Crippen LogP contribution in [0.1, 0.15) is 31.9 Å². The number of carbonyl (C=O) groups excluding carboxylic acids is 1. The van der Waals surface area contributed by atoms with E-state index in [1.807, 2.05) is 32.0 Å². The Kier molecular flexibility index (Phi) is 6.59. The zero-order valence-corrected chi connectivity index (χ0v) is 16.8. The van der Waals surface area contributed by atoms with Gasteiger partial charge in [0.15, 0.2) is 0 Å². The predicted octanol–water partition coefficient (Wildman–Crippen LogP) is 3.74. The van der Waals surface area contributed by atoms with Crippen molar-refractivity contribution in [2.75, 3.05) is 15.9 Å². The molecule has 0 aliphatic rings.